The third-order valence-corrected chi connectivity index (χ3v) is 8.20. The lowest BCUT2D eigenvalue weighted by Crippen LogP contribution is -2.47. The Bertz CT molecular complexity index is 1370. The number of rotatable bonds is 7. The molecule has 0 amide bonds. The first kappa shape index (κ1) is 27.3. The first-order valence-electron chi connectivity index (χ1n) is 13.7. The van der Waals surface area contributed by atoms with Gasteiger partial charge in [-0.1, -0.05) is 55.3 Å². The van der Waals surface area contributed by atoms with Gasteiger partial charge in [0.15, 0.2) is 0 Å². The highest BCUT2D eigenvalue weighted by Gasteiger charge is 2.29. The summed E-state index contributed by atoms with van der Waals surface area (Å²) in [6.07, 6.45) is 3.42. The summed E-state index contributed by atoms with van der Waals surface area (Å²) in [5.41, 5.74) is 6.84. The first-order valence-corrected chi connectivity index (χ1v) is 14.1. The standard InChI is InChI=1S/C33H37ClN2O3/c1-23-5-4-6-28(19-23)39-31-20-27(11-12-29(31)32(37)38)36-17-15-35(16-18-36)22-25-13-14-33(2,3)21-30(25)24-7-9-26(34)10-8-24/h4-12,19-20H,13-18,21-22H2,1-3H3,(H,37,38). The van der Waals surface area contributed by atoms with Crippen molar-refractivity contribution in [2.75, 3.05) is 37.6 Å². The van der Waals surface area contributed by atoms with Crippen LogP contribution in [0.3, 0.4) is 0 Å². The topological polar surface area (TPSA) is 53.0 Å². The Morgan fingerprint density at radius 1 is 1.00 bits per heavy atom. The van der Waals surface area contributed by atoms with Crippen molar-refractivity contribution >= 4 is 28.8 Å². The van der Waals surface area contributed by atoms with Gasteiger partial charge in [-0.05, 0) is 84.7 Å². The van der Waals surface area contributed by atoms with Crippen molar-refractivity contribution in [1.29, 1.82) is 0 Å². The Morgan fingerprint density at radius 3 is 2.44 bits per heavy atom. The van der Waals surface area contributed by atoms with Crippen molar-refractivity contribution < 1.29 is 14.6 Å². The predicted molar refractivity (Wildman–Crippen MR) is 159 cm³/mol. The monoisotopic (exact) mass is 544 g/mol. The molecule has 0 unspecified atom stereocenters. The minimum atomic E-state index is -0.991. The van der Waals surface area contributed by atoms with Crippen LogP contribution in [0.2, 0.25) is 5.02 Å². The summed E-state index contributed by atoms with van der Waals surface area (Å²) < 4.78 is 6.05. The number of aromatic carboxylic acids is 1. The largest absolute Gasteiger partial charge is 0.478 e. The summed E-state index contributed by atoms with van der Waals surface area (Å²) in [4.78, 5) is 16.7. The highest BCUT2D eigenvalue weighted by Crippen LogP contribution is 2.43. The van der Waals surface area contributed by atoms with Crippen molar-refractivity contribution in [3.63, 3.8) is 0 Å². The van der Waals surface area contributed by atoms with Gasteiger partial charge in [0.1, 0.15) is 17.1 Å². The molecule has 6 heteroatoms. The van der Waals surface area contributed by atoms with E-state index in [4.69, 9.17) is 16.3 Å². The molecule has 0 bridgehead atoms. The van der Waals surface area contributed by atoms with Crippen LogP contribution in [0.15, 0.2) is 72.3 Å². The van der Waals surface area contributed by atoms with Crippen LogP contribution in [0.4, 0.5) is 5.69 Å². The predicted octanol–water partition coefficient (Wildman–Crippen LogP) is 7.92. The second-order valence-electron chi connectivity index (χ2n) is 11.6. The van der Waals surface area contributed by atoms with Gasteiger partial charge in [0.05, 0.1) is 0 Å². The van der Waals surface area contributed by atoms with Gasteiger partial charge in [0, 0.05) is 49.5 Å². The van der Waals surface area contributed by atoms with Crippen LogP contribution in [-0.2, 0) is 0 Å². The lowest BCUT2D eigenvalue weighted by atomic mass is 9.72. The summed E-state index contributed by atoms with van der Waals surface area (Å²) in [6.45, 7) is 11.4. The van der Waals surface area contributed by atoms with E-state index in [1.54, 1.807) is 11.6 Å². The molecule has 0 spiro atoms. The first-order chi connectivity index (χ1) is 18.7. The van der Waals surface area contributed by atoms with Gasteiger partial charge >= 0.3 is 5.97 Å². The maximum Gasteiger partial charge on any atom is 0.339 e. The van der Waals surface area contributed by atoms with E-state index in [-0.39, 0.29) is 5.56 Å². The summed E-state index contributed by atoms with van der Waals surface area (Å²) >= 11 is 6.18. The minimum absolute atomic E-state index is 0.167. The highest BCUT2D eigenvalue weighted by atomic mass is 35.5. The van der Waals surface area contributed by atoms with E-state index in [1.807, 2.05) is 55.5 Å². The molecular formula is C33H37ClN2O3. The molecule has 2 aliphatic rings. The van der Waals surface area contributed by atoms with Crippen molar-refractivity contribution in [3.8, 4) is 11.5 Å². The number of hydrogen-bond acceptors (Lipinski definition) is 4. The number of nitrogens with zero attached hydrogens (tertiary/aromatic N) is 2. The summed E-state index contributed by atoms with van der Waals surface area (Å²) in [6, 6.07) is 21.4. The Hall–Kier alpha value is -3.28. The fourth-order valence-corrected chi connectivity index (χ4v) is 5.80. The molecule has 5 rings (SSSR count). The van der Waals surface area contributed by atoms with E-state index in [9.17, 15) is 9.90 Å². The van der Waals surface area contributed by atoms with Gasteiger partial charge in [-0.15, -0.1) is 0 Å². The van der Waals surface area contributed by atoms with Gasteiger partial charge in [-0.2, -0.15) is 0 Å². The number of hydrogen-bond donors (Lipinski definition) is 1. The van der Waals surface area contributed by atoms with Crippen LogP contribution in [0.5, 0.6) is 11.5 Å². The molecule has 1 aliphatic heterocycles. The Labute approximate surface area is 236 Å². The SMILES string of the molecule is Cc1cccc(Oc2cc(N3CCN(CC4=C(c5ccc(Cl)cc5)CC(C)(C)CC4)CC3)ccc2C(=O)O)c1. The second kappa shape index (κ2) is 11.4. The number of aryl methyl sites for hydroxylation is 1. The smallest absolute Gasteiger partial charge is 0.339 e. The highest BCUT2D eigenvalue weighted by molar-refractivity contribution is 6.30. The quantitative estimate of drug-likeness (QED) is 0.327. The number of carbonyl (C=O) groups is 1. The van der Waals surface area contributed by atoms with Gasteiger partial charge in [0.2, 0.25) is 0 Å². The van der Waals surface area contributed by atoms with Crippen molar-refractivity contribution in [1.82, 2.24) is 4.90 Å². The lowest BCUT2D eigenvalue weighted by molar-refractivity contribution is 0.0694. The van der Waals surface area contributed by atoms with Crippen LogP contribution >= 0.6 is 11.6 Å². The number of benzene rings is 3. The fourth-order valence-electron chi connectivity index (χ4n) is 5.67. The van der Waals surface area contributed by atoms with Crippen molar-refractivity contribution in [2.45, 2.75) is 40.0 Å². The summed E-state index contributed by atoms with van der Waals surface area (Å²) in [5.74, 6) is 0.0185. The molecule has 3 aromatic rings. The van der Waals surface area contributed by atoms with E-state index in [0.29, 0.717) is 16.9 Å². The fraction of sp³-hybridized carbons (Fsp3) is 0.364. The van der Waals surface area contributed by atoms with E-state index in [0.717, 1.165) is 61.8 Å². The van der Waals surface area contributed by atoms with Crippen LogP contribution in [-0.4, -0.2) is 48.7 Å². The average Bonchev–Trinajstić information content (AvgIpc) is 2.90. The van der Waals surface area contributed by atoms with Crippen molar-refractivity contribution in [3.05, 3.63) is 94.0 Å². The minimum Gasteiger partial charge on any atom is -0.478 e. The number of ether oxygens (including phenoxy) is 1. The van der Waals surface area contributed by atoms with E-state index in [1.165, 1.54) is 17.6 Å². The molecule has 1 aliphatic carbocycles. The van der Waals surface area contributed by atoms with Crippen LogP contribution in [0, 0.1) is 12.3 Å². The Kier molecular flexibility index (Phi) is 8.01. The third-order valence-electron chi connectivity index (χ3n) is 7.94. The summed E-state index contributed by atoms with van der Waals surface area (Å²) in [7, 11) is 0. The average molecular weight is 545 g/mol. The van der Waals surface area contributed by atoms with Crippen LogP contribution in [0.25, 0.3) is 5.57 Å². The molecule has 1 saturated heterocycles. The van der Waals surface area contributed by atoms with E-state index < -0.39 is 5.97 Å². The molecule has 5 nitrogen and oxygen atoms in total. The zero-order chi connectivity index (χ0) is 27.6. The molecule has 0 radical (unpaired) electrons. The molecule has 0 saturated carbocycles. The zero-order valence-electron chi connectivity index (χ0n) is 23.0. The maximum atomic E-state index is 11.9. The molecule has 3 aromatic carbocycles. The number of allylic oxidation sites excluding steroid dienone is 1. The van der Waals surface area contributed by atoms with Gasteiger partial charge in [-0.3, -0.25) is 4.90 Å². The lowest BCUT2D eigenvalue weighted by Gasteiger charge is -2.39. The molecule has 204 valence electrons. The van der Waals surface area contributed by atoms with Gasteiger partial charge < -0.3 is 14.7 Å². The van der Waals surface area contributed by atoms with E-state index in [2.05, 4.69) is 35.8 Å². The summed E-state index contributed by atoms with van der Waals surface area (Å²) in [5, 5.41) is 10.5. The zero-order valence-corrected chi connectivity index (χ0v) is 23.8. The molecule has 1 heterocycles. The number of anilines is 1. The van der Waals surface area contributed by atoms with Crippen LogP contribution in [0.1, 0.15) is 54.6 Å². The van der Waals surface area contributed by atoms with Gasteiger partial charge in [-0.25, -0.2) is 4.79 Å². The molecule has 1 fully saturated rings. The number of carboxylic acids is 1. The molecule has 39 heavy (non-hydrogen) atoms. The molecule has 1 N–H and O–H groups in total. The number of halogens is 1. The van der Waals surface area contributed by atoms with Crippen molar-refractivity contribution in [2.24, 2.45) is 5.41 Å². The van der Waals surface area contributed by atoms with Gasteiger partial charge in [0.25, 0.3) is 0 Å². The number of carboxylic acid groups (broad SMARTS) is 1. The molecular weight excluding hydrogens is 508 g/mol. The normalized spacial score (nSPS) is 17.8. The third kappa shape index (κ3) is 6.66. The Balaban J connectivity index is 1.30. The second-order valence-corrected chi connectivity index (χ2v) is 12.0. The molecule has 0 atom stereocenters. The molecule has 0 aromatic heterocycles. The van der Waals surface area contributed by atoms with E-state index >= 15 is 0 Å². The van der Waals surface area contributed by atoms with Crippen LogP contribution < -0.4 is 9.64 Å². The number of piperazine rings is 1. The maximum absolute atomic E-state index is 11.9. The Morgan fingerprint density at radius 2 is 1.74 bits per heavy atom.